The number of carbonyl (C=O) groups is 2. The SMILES string of the molecule is Cc1ccc(C(=O)N2C[C@H](C)C[C@H](C)C2)cc1NC(=O)c1ccccn1. The average Bonchev–Trinajstić information content (AvgIpc) is 2.63. The Morgan fingerprint density at radius 3 is 2.50 bits per heavy atom. The molecule has 0 aliphatic carbocycles. The lowest BCUT2D eigenvalue weighted by molar-refractivity contribution is 0.0623. The molecular weight excluding hydrogens is 326 g/mol. The molecule has 2 heterocycles. The zero-order valence-corrected chi connectivity index (χ0v) is 15.5. The number of aryl methyl sites for hydroxylation is 1. The Morgan fingerprint density at radius 1 is 1.12 bits per heavy atom. The van der Waals surface area contributed by atoms with Crippen molar-refractivity contribution in [3.05, 3.63) is 59.4 Å². The van der Waals surface area contributed by atoms with Crippen LogP contribution in [0.3, 0.4) is 0 Å². The fourth-order valence-corrected chi connectivity index (χ4v) is 3.58. The number of hydrogen-bond donors (Lipinski definition) is 1. The van der Waals surface area contributed by atoms with Gasteiger partial charge < -0.3 is 10.2 Å². The molecule has 2 atom stereocenters. The molecule has 1 fully saturated rings. The topological polar surface area (TPSA) is 62.3 Å². The van der Waals surface area contributed by atoms with Gasteiger partial charge in [-0.1, -0.05) is 26.0 Å². The normalized spacial score (nSPS) is 19.9. The molecule has 5 nitrogen and oxygen atoms in total. The summed E-state index contributed by atoms with van der Waals surface area (Å²) in [6.07, 6.45) is 2.74. The summed E-state index contributed by atoms with van der Waals surface area (Å²) in [7, 11) is 0. The van der Waals surface area contributed by atoms with Gasteiger partial charge in [0, 0.05) is 30.5 Å². The zero-order chi connectivity index (χ0) is 18.7. The maximum atomic E-state index is 12.9. The Bertz CT molecular complexity index is 794. The fraction of sp³-hybridized carbons (Fsp3) is 0.381. The molecule has 2 amide bonds. The van der Waals surface area contributed by atoms with Gasteiger partial charge in [0.1, 0.15) is 5.69 Å². The van der Waals surface area contributed by atoms with E-state index in [0.29, 0.717) is 28.8 Å². The maximum absolute atomic E-state index is 12.9. The van der Waals surface area contributed by atoms with E-state index in [4.69, 9.17) is 0 Å². The summed E-state index contributed by atoms with van der Waals surface area (Å²) in [6, 6.07) is 10.7. The van der Waals surface area contributed by atoms with Crippen molar-refractivity contribution in [1.82, 2.24) is 9.88 Å². The molecule has 1 aliphatic rings. The van der Waals surface area contributed by atoms with Crippen LogP contribution in [0.4, 0.5) is 5.69 Å². The second kappa shape index (κ2) is 7.68. The molecule has 0 unspecified atom stereocenters. The first-order valence-corrected chi connectivity index (χ1v) is 9.06. The largest absolute Gasteiger partial charge is 0.338 e. The molecule has 0 saturated carbocycles. The van der Waals surface area contributed by atoms with E-state index in [-0.39, 0.29) is 11.8 Å². The Hall–Kier alpha value is -2.69. The Balaban J connectivity index is 1.79. The van der Waals surface area contributed by atoms with Crippen LogP contribution in [0.2, 0.25) is 0 Å². The Labute approximate surface area is 154 Å². The molecule has 1 N–H and O–H groups in total. The summed E-state index contributed by atoms with van der Waals surface area (Å²) in [6.45, 7) is 7.85. The van der Waals surface area contributed by atoms with Gasteiger partial charge in [-0.2, -0.15) is 0 Å². The van der Waals surface area contributed by atoms with Crippen molar-refractivity contribution >= 4 is 17.5 Å². The predicted molar refractivity (Wildman–Crippen MR) is 102 cm³/mol. The second-order valence-electron chi connectivity index (χ2n) is 7.35. The van der Waals surface area contributed by atoms with Crippen LogP contribution in [0.1, 0.15) is 46.7 Å². The molecule has 3 rings (SSSR count). The first-order chi connectivity index (χ1) is 12.4. The van der Waals surface area contributed by atoms with Gasteiger partial charge >= 0.3 is 0 Å². The highest BCUT2D eigenvalue weighted by molar-refractivity contribution is 6.04. The third kappa shape index (κ3) is 4.10. The summed E-state index contributed by atoms with van der Waals surface area (Å²) < 4.78 is 0. The van der Waals surface area contributed by atoms with Crippen LogP contribution >= 0.6 is 0 Å². The average molecular weight is 351 g/mol. The van der Waals surface area contributed by atoms with E-state index in [1.807, 2.05) is 24.0 Å². The minimum absolute atomic E-state index is 0.0248. The second-order valence-corrected chi connectivity index (χ2v) is 7.35. The standard InChI is InChI=1S/C21H25N3O2/c1-14-10-15(2)13-24(12-14)21(26)17-8-7-16(3)19(11-17)23-20(25)18-6-4-5-9-22-18/h4-9,11,14-15H,10,12-13H2,1-3H3,(H,23,25)/t14-,15+. The van der Waals surface area contributed by atoms with Gasteiger partial charge in [0.2, 0.25) is 0 Å². The number of amides is 2. The monoisotopic (exact) mass is 351 g/mol. The molecule has 5 heteroatoms. The van der Waals surface area contributed by atoms with Gasteiger partial charge in [0.15, 0.2) is 0 Å². The fourth-order valence-electron chi connectivity index (χ4n) is 3.58. The molecule has 26 heavy (non-hydrogen) atoms. The number of hydrogen-bond acceptors (Lipinski definition) is 3. The van der Waals surface area contributed by atoms with E-state index < -0.39 is 0 Å². The van der Waals surface area contributed by atoms with Crippen LogP contribution in [-0.2, 0) is 0 Å². The number of anilines is 1. The highest BCUT2D eigenvalue weighted by Crippen LogP contribution is 2.24. The van der Waals surface area contributed by atoms with Crippen molar-refractivity contribution < 1.29 is 9.59 Å². The van der Waals surface area contributed by atoms with Crippen molar-refractivity contribution in [2.75, 3.05) is 18.4 Å². The molecular formula is C21H25N3O2. The molecule has 1 saturated heterocycles. The molecule has 0 radical (unpaired) electrons. The van der Waals surface area contributed by atoms with E-state index in [1.165, 1.54) is 0 Å². The molecule has 1 aliphatic heterocycles. The van der Waals surface area contributed by atoms with E-state index in [2.05, 4.69) is 24.1 Å². The molecule has 0 spiro atoms. The third-order valence-corrected chi connectivity index (χ3v) is 4.79. The third-order valence-electron chi connectivity index (χ3n) is 4.79. The van der Waals surface area contributed by atoms with Crippen molar-refractivity contribution in [3.63, 3.8) is 0 Å². The Kier molecular flexibility index (Phi) is 5.35. The first-order valence-electron chi connectivity index (χ1n) is 9.06. The van der Waals surface area contributed by atoms with Gasteiger partial charge in [0.25, 0.3) is 11.8 Å². The predicted octanol–water partition coefficient (Wildman–Crippen LogP) is 3.76. The van der Waals surface area contributed by atoms with Gasteiger partial charge in [-0.05, 0) is 55.0 Å². The van der Waals surface area contributed by atoms with E-state index in [9.17, 15) is 9.59 Å². The first kappa shape index (κ1) is 18.1. The quantitative estimate of drug-likeness (QED) is 0.916. The van der Waals surface area contributed by atoms with Crippen LogP contribution in [0.15, 0.2) is 42.6 Å². The number of likely N-dealkylation sites (tertiary alicyclic amines) is 1. The molecule has 136 valence electrons. The maximum Gasteiger partial charge on any atom is 0.274 e. The molecule has 1 aromatic carbocycles. The number of carbonyl (C=O) groups excluding carboxylic acids is 2. The number of rotatable bonds is 3. The summed E-state index contributed by atoms with van der Waals surface area (Å²) >= 11 is 0. The van der Waals surface area contributed by atoms with Crippen molar-refractivity contribution in [3.8, 4) is 0 Å². The number of nitrogens with one attached hydrogen (secondary N) is 1. The summed E-state index contributed by atoms with van der Waals surface area (Å²) in [5, 5.41) is 2.87. The highest BCUT2D eigenvalue weighted by atomic mass is 16.2. The van der Waals surface area contributed by atoms with Gasteiger partial charge in [-0.15, -0.1) is 0 Å². The molecule has 1 aromatic heterocycles. The van der Waals surface area contributed by atoms with Crippen molar-refractivity contribution in [2.45, 2.75) is 27.2 Å². The number of nitrogens with zero attached hydrogens (tertiary/aromatic N) is 2. The van der Waals surface area contributed by atoms with Crippen LogP contribution in [-0.4, -0.2) is 34.8 Å². The lowest BCUT2D eigenvalue weighted by Crippen LogP contribution is -2.42. The van der Waals surface area contributed by atoms with E-state index in [1.54, 1.807) is 30.5 Å². The molecule has 2 aromatic rings. The van der Waals surface area contributed by atoms with Crippen LogP contribution in [0, 0.1) is 18.8 Å². The van der Waals surface area contributed by atoms with Crippen LogP contribution < -0.4 is 5.32 Å². The van der Waals surface area contributed by atoms with Gasteiger partial charge in [-0.3, -0.25) is 14.6 Å². The smallest absolute Gasteiger partial charge is 0.274 e. The number of piperidine rings is 1. The highest BCUT2D eigenvalue weighted by Gasteiger charge is 2.26. The van der Waals surface area contributed by atoms with Crippen molar-refractivity contribution in [2.24, 2.45) is 11.8 Å². The van der Waals surface area contributed by atoms with Crippen LogP contribution in [0.25, 0.3) is 0 Å². The summed E-state index contributed by atoms with van der Waals surface area (Å²) in [4.78, 5) is 31.3. The number of aromatic nitrogens is 1. The lowest BCUT2D eigenvalue weighted by atomic mass is 9.91. The minimum atomic E-state index is -0.279. The lowest BCUT2D eigenvalue weighted by Gasteiger charge is -2.35. The van der Waals surface area contributed by atoms with E-state index >= 15 is 0 Å². The minimum Gasteiger partial charge on any atom is -0.338 e. The Morgan fingerprint density at radius 2 is 1.85 bits per heavy atom. The van der Waals surface area contributed by atoms with Gasteiger partial charge in [0.05, 0.1) is 0 Å². The number of pyridine rings is 1. The van der Waals surface area contributed by atoms with Gasteiger partial charge in [-0.25, -0.2) is 0 Å². The summed E-state index contributed by atoms with van der Waals surface area (Å²) in [5.74, 6) is 0.767. The number of benzene rings is 1. The zero-order valence-electron chi connectivity index (χ0n) is 15.5. The van der Waals surface area contributed by atoms with E-state index in [0.717, 1.165) is 25.1 Å². The van der Waals surface area contributed by atoms with Crippen LogP contribution in [0.5, 0.6) is 0 Å². The molecule has 0 bridgehead atoms. The summed E-state index contributed by atoms with van der Waals surface area (Å²) in [5.41, 5.74) is 2.51. The van der Waals surface area contributed by atoms with Crippen molar-refractivity contribution in [1.29, 1.82) is 0 Å².